The molecule has 0 atom stereocenters. The zero-order valence-corrected chi connectivity index (χ0v) is 17.9. The fraction of sp³-hybridized carbons (Fsp3) is 0.318. The van der Waals surface area contributed by atoms with Gasteiger partial charge in [-0.05, 0) is 48.2 Å². The van der Waals surface area contributed by atoms with E-state index in [0.29, 0.717) is 17.3 Å². The number of methoxy groups -OCH3 is 1. The van der Waals surface area contributed by atoms with E-state index in [0.717, 1.165) is 21.6 Å². The summed E-state index contributed by atoms with van der Waals surface area (Å²) in [7, 11) is 1.41. The first-order valence-electron chi connectivity index (χ1n) is 9.77. The predicted octanol–water partition coefficient (Wildman–Crippen LogP) is 4.31. The molecule has 1 amide bonds. The van der Waals surface area contributed by atoms with E-state index in [1.807, 2.05) is 25.1 Å². The molecular formula is C22H21ClF2N4O2. The van der Waals surface area contributed by atoms with Crippen LogP contribution in [0.15, 0.2) is 42.9 Å². The van der Waals surface area contributed by atoms with E-state index < -0.39 is 18.4 Å². The standard InChI is InChI=1S/C22H21ClF2N4O2/c1-14-16(10-15-4-5-18(26-12-15)29-8-3-7-27-29)11-17(20(31-2)19(14)23)21(30)28-9-6-22(24,25)13-28/h3-5,7-8,11-12H,6,9-10,13H2,1-2H3. The molecule has 162 valence electrons. The maximum atomic E-state index is 13.6. The molecule has 2 aromatic heterocycles. The Morgan fingerprint density at radius 2 is 2.16 bits per heavy atom. The zero-order valence-electron chi connectivity index (χ0n) is 17.1. The van der Waals surface area contributed by atoms with Crippen LogP contribution in [0.3, 0.4) is 0 Å². The number of alkyl halides is 2. The van der Waals surface area contributed by atoms with Gasteiger partial charge in [-0.2, -0.15) is 5.10 Å². The van der Waals surface area contributed by atoms with Gasteiger partial charge >= 0.3 is 0 Å². The fourth-order valence-corrected chi connectivity index (χ4v) is 3.98. The number of likely N-dealkylation sites (tertiary alicyclic amines) is 1. The predicted molar refractivity (Wildman–Crippen MR) is 112 cm³/mol. The molecule has 1 aliphatic heterocycles. The average Bonchev–Trinajstić information content (AvgIpc) is 3.41. The van der Waals surface area contributed by atoms with Crippen LogP contribution < -0.4 is 4.74 Å². The van der Waals surface area contributed by atoms with Gasteiger partial charge in [0.2, 0.25) is 0 Å². The summed E-state index contributed by atoms with van der Waals surface area (Å²) >= 11 is 6.50. The normalized spacial score (nSPS) is 15.3. The zero-order chi connectivity index (χ0) is 22.2. The van der Waals surface area contributed by atoms with Crippen LogP contribution in [0.5, 0.6) is 5.75 Å². The van der Waals surface area contributed by atoms with E-state index in [4.69, 9.17) is 16.3 Å². The number of carbonyl (C=O) groups excluding carboxylic acids is 1. The summed E-state index contributed by atoms with van der Waals surface area (Å²) in [5.41, 5.74) is 2.66. The molecule has 4 rings (SSSR count). The summed E-state index contributed by atoms with van der Waals surface area (Å²) in [6.07, 6.45) is 5.33. The Kier molecular flexibility index (Phi) is 5.66. The third-order valence-corrected chi connectivity index (χ3v) is 5.86. The number of pyridine rings is 1. The summed E-state index contributed by atoms with van der Waals surface area (Å²) < 4.78 is 34.3. The van der Waals surface area contributed by atoms with Gasteiger partial charge in [0.25, 0.3) is 11.8 Å². The first kappa shape index (κ1) is 21.2. The molecule has 0 saturated carbocycles. The van der Waals surface area contributed by atoms with Crippen molar-refractivity contribution in [3.05, 3.63) is 70.1 Å². The smallest absolute Gasteiger partial charge is 0.267 e. The van der Waals surface area contributed by atoms with Crippen LogP contribution in [0.1, 0.15) is 33.5 Å². The van der Waals surface area contributed by atoms with E-state index in [2.05, 4.69) is 10.1 Å². The highest BCUT2D eigenvalue weighted by atomic mass is 35.5. The molecule has 6 nitrogen and oxygen atoms in total. The Hall–Kier alpha value is -3.00. The number of rotatable bonds is 5. The summed E-state index contributed by atoms with van der Waals surface area (Å²) in [6, 6.07) is 7.26. The van der Waals surface area contributed by atoms with E-state index in [-0.39, 0.29) is 24.3 Å². The van der Waals surface area contributed by atoms with Crippen molar-refractivity contribution < 1.29 is 18.3 Å². The van der Waals surface area contributed by atoms with Crippen LogP contribution in [0.2, 0.25) is 5.02 Å². The van der Waals surface area contributed by atoms with Gasteiger partial charge in [-0.1, -0.05) is 17.7 Å². The molecule has 0 unspecified atom stereocenters. The fourth-order valence-electron chi connectivity index (χ4n) is 3.68. The lowest BCUT2D eigenvalue weighted by Crippen LogP contribution is -2.31. The largest absolute Gasteiger partial charge is 0.494 e. The molecule has 0 aliphatic carbocycles. The van der Waals surface area contributed by atoms with Crippen LogP contribution in [0.25, 0.3) is 5.82 Å². The maximum Gasteiger partial charge on any atom is 0.267 e. The second-order valence-electron chi connectivity index (χ2n) is 7.54. The Labute approximate surface area is 183 Å². The first-order valence-corrected chi connectivity index (χ1v) is 10.1. The minimum absolute atomic E-state index is 0.00533. The maximum absolute atomic E-state index is 13.6. The minimum Gasteiger partial charge on any atom is -0.494 e. The van der Waals surface area contributed by atoms with Crippen LogP contribution in [-0.4, -0.2) is 51.7 Å². The molecule has 31 heavy (non-hydrogen) atoms. The summed E-state index contributed by atoms with van der Waals surface area (Å²) in [5, 5.41) is 4.45. The number of hydrogen-bond donors (Lipinski definition) is 0. The average molecular weight is 447 g/mol. The molecule has 0 spiro atoms. The number of carbonyl (C=O) groups is 1. The second kappa shape index (κ2) is 8.26. The highest BCUT2D eigenvalue weighted by Crippen LogP contribution is 2.37. The van der Waals surface area contributed by atoms with Gasteiger partial charge in [0, 0.05) is 31.6 Å². The SMILES string of the molecule is COc1c(C(=O)N2CCC(F)(F)C2)cc(Cc2ccc(-n3cccn3)nc2)c(C)c1Cl. The van der Waals surface area contributed by atoms with Crippen molar-refractivity contribution in [2.24, 2.45) is 0 Å². The van der Waals surface area contributed by atoms with Crippen molar-refractivity contribution >= 4 is 17.5 Å². The Balaban J connectivity index is 1.64. The van der Waals surface area contributed by atoms with Crippen LogP contribution in [-0.2, 0) is 6.42 Å². The molecule has 1 aromatic carbocycles. The van der Waals surface area contributed by atoms with Crippen molar-refractivity contribution in [1.29, 1.82) is 0 Å². The van der Waals surface area contributed by atoms with Gasteiger partial charge in [-0.3, -0.25) is 4.79 Å². The number of hydrogen-bond acceptors (Lipinski definition) is 4. The second-order valence-corrected chi connectivity index (χ2v) is 7.92. The molecule has 3 aromatic rings. The van der Waals surface area contributed by atoms with Gasteiger partial charge in [0.1, 0.15) is 5.75 Å². The van der Waals surface area contributed by atoms with Crippen molar-refractivity contribution in [3.8, 4) is 11.6 Å². The number of halogens is 3. The lowest BCUT2D eigenvalue weighted by Gasteiger charge is -2.20. The van der Waals surface area contributed by atoms with Crippen LogP contribution in [0.4, 0.5) is 8.78 Å². The third kappa shape index (κ3) is 4.25. The van der Waals surface area contributed by atoms with E-state index in [1.165, 1.54) is 7.11 Å². The molecule has 0 radical (unpaired) electrons. The topological polar surface area (TPSA) is 60.2 Å². The van der Waals surface area contributed by atoms with Crippen LogP contribution in [0, 0.1) is 6.92 Å². The van der Waals surface area contributed by atoms with Crippen molar-refractivity contribution in [2.75, 3.05) is 20.2 Å². The number of nitrogens with zero attached hydrogens (tertiary/aromatic N) is 4. The molecule has 1 aliphatic rings. The molecule has 9 heteroatoms. The Morgan fingerprint density at radius 1 is 1.35 bits per heavy atom. The molecule has 3 heterocycles. The van der Waals surface area contributed by atoms with E-state index >= 15 is 0 Å². The van der Waals surface area contributed by atoms with Crippen molar-refractivity contribution in [2.45, 2.75) is 25.7 Å². The quantitative estimate of drug-likeness (QED) is 0.586. The molecule has 0 bridgehead atoms. The molecule has 1 saturated heterocycles. The highest BCUT2D eigenvalue weighted by Gasteiger charge is 2.41. The molecule has 0 N–H and O–H groups in total. The number of aromatic nitrogens is 3. The highest BCUT2D eigenvalue weighted by molar-refractivity contribution is 6.33. The lowest BCUT2D eigenvalue weighted by atomic mass is 9.97. The molecule has 1 fully saturated rings. The Morgan fingerprint density at radius 3 is 2.74 bits per heavy atom. The lowest BCUT2D eigenvalue weighted by molar-refractivity contribution is 0.0119. The number of amides is 1. The van der Waals surface area contributed by atoms with Crippen molar-refractivity contribution in [3.63, 3.8) is 0 Å². The van der Waals surface area contributed by atoms with Gasteiger partial charge in [-0.15, -0.1) is 0 Å². The third-order valence-electron chi connectivity index (χ3n) is 5.41. The number of ether oxygens (including phenoxy) is 1. The minimum atomic E-state index is -2.87. The Bertz CT molecular complexity index is 1100. The van der Waals surface area contributed by atoms with Gasteiger partial charge in [0.15, 0.2) is 5.82 Å². The van der Waals surface area contributed by atoms with Gasteiger partial charge in [0.05, 0.1) is 24.2 Å². The summed E-state index contributed by atoms with van der Waals surface area (Å²) in [4.78, 5) is 18.6. The van der Waals surface area contributed by atoms with Gasteiger partial charge < -0.3 is 9.64 Å². The summed E-state index contributed by atoms with van der Waals surface area (Å²) in [6.45, 7) is 1.23. The monoisotopic (exact) mass is 446 g/mol. The summed E-state index contributed by atoms with van der Waals surface area (Å²) in [5.74, 6) is -2.49. The van der Waals surface area contributed by atoms with E-state index in [1.54, 1.807) is 29.3 Å². The number of benzene rings is 1. The van der Waals surface area contributed by atoms with Crippen molar-refractivity contribution in [1.82, 2.24) is 19.7 Å². The molecular weight excluding hydrogens is 426 g/mol. The first-order chi connectivity index (χ1) is 14.8. The van der Waals surface area contributed by atoms with E-state index in [9.17, 15) is 13.6 Å². The van der Waals surface area contributed by atoms with Crippen LogP contribution >= 0.6 is 11.6 Å². The van der Waals surface area contributed by atoms with Gasteiger partial charge in [-0.25, -0.2) is 18.4 Å².